The van der Waals surface area contributed by atoms with E-state index in [2.05, 4.69) is 15.5 Å². The molecular weight excluding hydrogens is 229 g/mol. The molecule has 1 N–H and O–H groups in total. The summed E-state index contributed by atoms with van der Waals surface area (Å²) in [5, 5.41) is 12.1. The number of nitrogens with zero attached hydrogens (tertiary/aromatic N) is 2. The van der Waals surface area contributed by atoms with Crippen LogP contribution in [-0.2, 0) is 6.61 Å². The molecule has 1 aromatic carbocycles. The van der Waals surface area contributed by atoms with Gasteiger partial charge in [0.15, 0.2) is 5.01 Å². The molecule has 0 fully saturated rings. The molecule has 6 heteroatoms. The molecule has 1 heterocycles. The maximum Gasteiger partial charge on any atom is 0.205 e. The Labute approximate surface area is 96.1 Å². The van der Waals surface area contributed by atoms with Gasteiger partial charge in [-0.3, -0.25) is 0 Å². The fourth-order valence-corrected chi connectivity index (χ4v) is 1.72. The van der Waals surface area contributed by atoms with E-state index >= 15 is 0 Å². The van der Waals surface area contributed by atoms with Gasteiger partial charge in [-0.1, -0.05) is 17.4 Å². The van der Waals surface area contributed by atoms with Crippen molar-refractivity contribution >= 4 is 16.5 Å². The van der Waals surface area contributed by atoms with Gasteiger partial charge >= 0.3 is 0 Å². The van der Waals surface area contributed by atoms with E-state index in [4.69, 9.17) is 4.74 Å². The van der Waals surface area contributed by atoms with Gasteiger partial charge in [0.05, 0.1) is 0 Å². The van der Waals surface area contributed by atoms with Crippen LogP contribution in [0.2, 0.25) is 0 Å². The number of hydrogen-bond donors (Lipinski definition) is 1. The molecule has 0 unspecified atom stereocenters. The quantitative estimate of drug-likeness (QED) is 0.889. The highest BCUT2D eigenvalue weighted by Gasteiger charge is 2.03. The highest BCUT2D eigenvalue weighted by Crippen LogP contribution is 2.18. The molecule has 0 radical (unpaired) electrons. The number of anilines is 1. The topological polar surface area (TPSA) is 47.0 Å². The lowest BCUT2D eigenvalue weighted by Crippen LogP contribution is -1.94. The SMILES string of the molecule is CNc1nnc(COc2cccc(F)c2)s1. The lowest BCUT2D eigenvalue weighted by molar-refractivity contribution is 0.303. The monoisotopic (exact) mass is 239 g/mol. The van der Waals surface area contributed by atoms with Crippen molar-refractivity contribution in [1.82, 2.24) is 10.2 Å². The van der Waals surface area contributed by atoms with E-state index < -0.39 is 0 Å². The molecule has 84 valence electrons. The molecule has 2 aromatic rings. The molecule has 0 bridgehead atoms. The molecule has 1 aromatic heterocycles. The molecule has 0 aliphatic heterocycles. The maximum absolute atomic E-state index is 12.8. The normalized spacial score (nSPS) is 10.1. The van der Waals surface area contributed by atoms with E-state index in [1.807, 2.05) is 0 Å². The largest absolute Gasteiger partial charge is 0.486 e. The van der Waals surface area contributed by atoms with Crippen LogP contribution in [0.15, 0.2) is 24.3 Å². The molecule has 0 amide bonds. The van der Waals surface area contributed by atoms with Crippen molar-refractivity contribution in [3.05, 3.63) is 35.1 Å². The standard InChI is InChI=1S/C10H10FN3OS/c1-12-10-14-13-9(16-10)6-15-8-4-2-3-7(11)5-8/h2-5H,6H2,1H3,(H,12,14). The van der Waals surface area contributed by atoms with E-state index in [9.17, 15) is 4.39 Å². The molecule has 16 heavy (non-hydrogen) atoms. The van der Waals surface area contributed by atoms with Crippen LogP contribution >= 0.6 is 11.3 Å². The van der Waals surface area contributed by atoms with Crippen LogP contribution in [0.5, 0.6) is 5.75 Å². The minimum absolute atomic E-state index is 0.294. The second-order valence-electron chi connectivity index (χ2n) is 3.00. The van der Waals surface area contributed by atoms with Gasteiger partial charge < -0.3 is 10.1 Å². The number of halogens is 1. The van der Waals surface area contributed by atoms with Crippen molar-refractivity contribution in [3.63, 3.8) is 0 Å². The Hall–Kier alpha value is -1.69. The summed E-state index contributed by atoms with van der Waals surface area (Å²) in [5.74, 6) is 0.173. The molecule has 0 saturated carbocycles. The van der Waals surface area contributed by atoms with Gasteiger partial charge in [0.1, 0.15) is 18.2 Å². The van der Waals surface area contributed by atoms with Gasteiger partial charge in [0.25, 0.3) is 0 Å². The molecule has 0 saturated heterocycles. The van der Waals surface area contributed by atoms with E-state index in [-0.39, 0.29) is 5.82 Å². The number of benzene rings is 1. The van der Waals surface area contributed by atoms with E-state index in [0.717, 1.165) is 10.1 Å². The summed E-state index contributed by atoms with van der Waals surface area (Å²) in [6, 6.07) is 6.00. The van der Waals surface area contributed by atoms with Gasteiger partial charge in [0.2, 0.25) is 5.13 Å². The average molecular weight is 239 g/mol. The Morgan fingerprint density at radius 2 is 2.31 bits per heavy atom. The molecule has 0 aliphatic carbocycles. The first-order valence-corrected chi connectivity index (χ1v) is 5.48. The minimum Gasteiger partial charge on any atom is -0.486 e. The van der Waals surface area contributed by atoms with Crippen LogP contribution in [0.4, 0.5) is 9.52 Å². The van der Waals surface area contributed by atoms with Crippen molar-refractivity contribution in [3.8, 4) is 5.75 Å². The zero-order chi connectivity index (χ0) is 11.4. The number of nitrogens with one attached hydrogen (secondary N) is 1. The minimum atomic E-state index is -0.314. The summed E-state index contributed by atoms with van der Waals surface area (Å²) in [5.41, 5.74) is 0. The van der Waals surface area contributed by atoms with E-state index in [0.29, 0.717) is 12.4 Å². The Kier molecular flexibility index (Phi) is 3.31. The van der Waals surface area contributed by atoms with E-state index in [1.165, 1.54) is 23.5 Å². The van der Waals surface area contributed by atoms with Crippen molar-refractivity contribution in [1.29, 1.82) is 0 Å². The fourth-order valence-electron chi connectivity index (χ4n) is 1.11. The van der Waals surface area contributed by atoms with Crippen molar-refractivity contribution in [2.75, 3.05) is 12.4 Å². The van der Waals surface area contributed by atoms with Gasteiger partial charge in [0, 0.05) is 13.1 Å². The summed E-state index contributed by atoms with van der Waals surface area (Å²) in [6.45, 7) is 0.294. The average Bonchev–Trinajstić information content (AvgIpc) is 2.74. The third kappa shape index (κ3) is 2.66. The molecule has 0 spiro atoms. The molecule has 2 rings (SSSR count). The summed E-state index contributed by atoms with van der Waals surface area (Å²) in [4.78, 5) is 0. The Bertz CT molecular complexity index is 475. The fraction of sp³-hybridized carbons (Fsp3) is 0.200. The predicted molar refractivity (Wildman–Crippen MR) is 60.2 cm³/mol. The number of rotatable bonds is 4. The molecule has 4 nitrogen and oxygen atoms in total. The van der Waals surface area contributed by atoms with Crippen LogP contribution in [0.25, 0.3) is 0 Å². The zero-order valence-corrected chi connectivity index (χ0v) is 9.42. The first kappa shape index (κ1) is 10.8. The highest BCUT2D eigenvalue weighted by molar-refractivity contribution is 7.15. The number of hydrogen-bond acceptors (Lipinski definition) is 5. The molecule has 0 atom stereocenters. The van der Waals surface area contributed by atoms with Crippen LogP contribution in [0, 0.1) is 5.82 Å². The van der Waals surface area contributed by atoms with Crippen molar-refractivity contribution in [2.24, 2.45) is 0 Å². The van der Waals surface area contributed by atoms with Gasteiger partial charge in [-0.15, -0.1) is 10.2 Å². The van der Waals surface area contributed by atoms with Crippen LogP contribution < -0.4 is 10.1 Å². The second kappa shape index (κ2) is 4.89. The second-order valence-corrected chi connectivity index (χ2v) is 4.06. The summed E-state index contributed by atoms with van der Waals surface area (Å²) in [6.07, 6.45) is 0. The number of aromatic nitrogens is 2. The Morgan fingerprint density at radius 3 is 3.00 bits per heavy atom. The summed E-state index contributed by atoms with van der Waals surface area (Å²) >= 11 is 1.40. The smallest absolute Gasteiger partial charge is 0.205 e. The number of ether oxygens (including phenoxy) is 1. The Balaban J connectivity index is 1.96. The summed E-state index contributed by atoms with van der Waals surface area (Å²) in [7, 11) is 1.78. The first-order chi connectivity index (χ1) is 7.78. The molecular formula is C10H10FN3OS. The van der Waals surface area contributed by atoms with Crippen molar-refractivity contribution < 1.29 is 9.13 Å². The first-order valence-electron chi connectivity index (χ1n) is 4.66. The third-order valence-electron chi connectivity index (χ3n) is 1.84. The molecule has 0 aliphatic rings. The van der Waals surface area contributed by atoms with Gasteiger partial charge in [-0.25, -0.2) is 4.39 Å². The van der Waals surface area contributed by atoms with Crippen LogP contribution in [0.3, 0.4) is 0 Å². The summed E-state index contributed by atoms with van der Waals surface area (Å²) < 4.78 is 18.2. The lowest BCUT2D eigenvalue weighted by Gasteiger charge is -2.02. The van der Waals surface area contributed by atoms with Gasteiger partial charge in [-0.2, -0.15) is 0 Å². The highest BCUT2D eigenvalue weighted by atomic mass is 32.1. The predicted octanol–water partition coefficient (Wildman–Crippen LogP) is 2.30. The maximum atomic E-state index is 12.8. The zero-order valence-electron chi connectivity index (χ0n) is 8.61. The van der Waals surface area contributed by atoms with Crippen LogP contribution in [-0.4, -0.2) is 17.2 Å². The third-order valence-corrected chi connectivity index (χ3v) is 2.75. The van der Waals surface area contributed by atoms with Crippen LogP contribution in [0.1, 0.15) is 5.01 Å². The van der Waals surface area contributed by atoms with E-state index in [1.54, 1.807) is 19.2 Å². The Morgan fingerprint density at radius 1 is 1.44 bits per heavy atom. The lowest BCUT2D eigenvalue weighted by atomic mass is 10.3. The van der Waals surface area contributed by atoms with Crippen molar-refractivity contribution in [2.45, 2.75) is 6.61 Å². The van der Waals surface area contributed by atoms with Gasteiger partial charge in [-0.05, 0) is 12.1 Å².